The van der Waals surface area contributed by atoms with Crippen LogP contribution in [0, 0.1) is 0 Å². The molecule has 19 heavy (non-hydrogen) atoms. The van der Waals surface area contributed by atoms with Gasteiger partial charge in [-0.2, -0.15) is 0 Å². The van der Waals surface area contributed by atoms with E-state index in [-0.39, 0.29) is 11.9 Å². The second-order valence-corrected chi connectivity index (χ2v) is 5.69. The van der Waals surface area contributed by atoms with Crippen LogP contribution in [0.25, 0.3) is 10.8 Å². The van der Waals surface area contributed by atoms with Gasteiger partial charge in [0, 0.05) is 22.6 Å². The molecule has 0 heterocycles. The van der Waals surface area contributed by atoms with Gasteiger partial charge in [0.1, 0.15) is 0 Å². The van der Waals surface area contributed by atoms with Gasteiger partial charge < -0.3 is 11.1 Å². The summed E-state index contributed by atoms with van der Waals surface area (Å²) in [6.45, 7) is 1.90. The molecular formula is C15H17BrN2O. The van der Waals surface area contributed by atoms with Crippen LogP contribution in [-0.4, -0.2) is 11.9 Å². The molecule has 0 aliphatic carbocycles. The van der Waals surface area contributed by atoms with Crippen molar-refractivity contribution in [3.05, 3.63) is 40.9 Å². The first-order valence-corrected chi connectivity index (χ1v) is 7.08. The highest BCUT2D eigenvalue weighted by molar-refractivity contribution is 9.10. The fourth-order valence-corrected chi connectivity index (χ4v) is 2.26. The van der Waals surface area contributed by atoms with Crippen molar-refractivity contribution in [2.24, 2.45) is 5.73 Å². The lowest BCUT2D eigenvalue weighted by Crippen LogP contribution is -2.19. The number of benzene rings is 2. The van der Waals surface area contributed by atoms with Gasteiger partial charge in [-0.05, 0) is 48.4 Å². The Kier molecular flexibility index (Phi) is 4.56. The summed E-state index contributed by atoms with van der Waals surface area (Å²) in [5, 5.41) is 5.14. The summed E-state index contributed by atoms with van der Waals surface area (Å²) in [5.41, 5.74) is 6.46. The second-order valence-electron chi connectivity index (χ2n) is 4.77. The molecule has 100 valence electrons. The minimum atomic E-state index is 0.00811. The molecule has 0 bridgehead atoms. The molecule has 4 heteroatoms. The van der Waals surface area contributed by atoms with Crippen molar-refractivity contribution < 1.29 is 4.79 Å². The molecule has 0 aliphatic rings. The fourth-order valence-electron chi connectivity index (χ4n) is 1.88. The lowest BCUT2D eigenvalue weighted by atomic mass is 10.1. The van der Waals surface area contributed by atoms with E-state index in [4.69, 9.17) is 5.73 Å². The smallest absolute Gasteiger partial charge is 0.224 e. The highest BCUT2D eigenvalue weighted by Crippen LogP contribution is 2.23. The Hall–Kier alpha value is -1.39. The molecule has 0 radical (unpaired) electrons. The van der Waals surface area contributed by atoms with Gasteiger partial charge in [-0.1, -0.05) is 28.1 Å². The quantitative estimate of drug-likeness (QED) is 0.903. The van der Waals surface area contributed by atoms with Crippen molar-refractivity contribution in [2.45, 2.75) is 25.8 Å². The summed E-state index contributed by atoms with van der Waals surface area (Å²) in [5.74, 6) is 0.00811. The third-order valence-electron chi connectivity index (χ3n) is 2.91. The molecule has 2 aromatic rings. The highest BCUT2D eigenvalue weighted by Gasteiger charge is 2.05. The van der Waals surface area contributed by atoms with Crippen LogP contribution in [0.4, 0.5) is 5.69 Å². The van der Waals surface area contributed by atoms with E-state index < -0.39 is 0 Å². The number of halogens is 1. The molecular weight excluding hydrogens is 304 g/mol. The van der Waals surface area contributed by atoms with Gasteiger partial charge in [0.2, 0.25) is 5.91 Å². The van der Waals surface area contributed by atoms with E-state index >= 15 is 0 Å². The van der Waals surface area contributed by atoms with E-state index in [9.17, 15) is 4.79 Å². The molecule has 0 aromatic heterocycles. The van der Waals surface area contributed by atoms with Crippen molar-refractivity contribution in [3.8, 4) is 0 Å². The topological polar surface area (TPSA) is 55.1 Å². The van der Waals surface area contributed by atoms with Gasteiger partial charge in [-0.25, -0.2) is 0 Å². The molecule has 3 nitrogen and oxygen atoms in total. The summed E-state index contributed by atoms with van der Waals surface area (Å²) in [6, 6.07) is 12.0. The van der Waals surface area contributed by atoms with Gasteiger partial charge in [0.25, 0.3) is 0 Å². The molecule has 2 rings (SSSR count). The molecule has 0 aliphatic heterocycles. The van der Waals surface area contributed by atoms with E-state index in [1.807, 2.05) is 37.3 Å². The highest BCUT2D eigenvalue weighted by atomic mass is 79.9. The van der Waals surface area contributed by atoms with Crippen LogP contribution in [0.15, 0.2) is 40.9 Å². The van der Waals surface area contributed by atoms with Gasteiger partial charge in [0.05, 0.1) is 0 Å². The first-order chi connectivity index (χ1) is 9.04. The van der Waals surface area contributed by atoms with Crippen molar-refractivity contribution in [1.82, 2.24) is 0 Å². The summed E-state index contributed by atoms with van der Waals surface area (Å²) < 4.78 is 1.05. The number of rotatable bonds is 4. The first kappa shape index (κ1) is 14.0. The Balaban J connectivity index is 2.09. The van der Waals surface area contributed by atoms with E-state index in [2.05, 4.69) is 27.3 Å². The summed E-state index contributed by atoms with van der Waals surface area (Å²) in [6.07, 6.45) is 1.16. The minimum absolute atomic E-state index is 0.00811. The third-order valence-corrected chi connectivity index (χ3v) is 3.41. The van der Waals surface area contributed by atoms with E-state index in [1.54, 1.807) is 0 Å². The molecule has 1 amide bonds. The lowest BCUT2D eigenvalue weighted by molar-refractivity contribution is -0.116. The Morgan fingerprint density at radius 3 is 2.68 bits per heavy atom. The third kappa shape index (κ3) is 4.04. The van der Waals surface area contributed by atoms with E-state index in [0.717, 1.165) is 20.9 Å². The lowest BCUT2D eigenvalue weighted by Gasteiger charge is -2.08. The summed E-state index contributed by atoms with van der Waals surface area (Å²) >= 11 is 3.44. The van der Waals surface area contributed by atoms with E-state index in [1.165, 1.54) is 0 Å². The number of amides is 1. The standard InChI is InChI=1S/C15H17BrN2O/c1-10(17)2-7-15(19)18-14-6-4-11-8-13(16)5-3-12(11)9-14/h3-6,8-10H,2,7,17H2,1H3,(H,18,19). The average Bonchev–Trinajstić information content (AvgIpc) is 2.36. The Labute approximate surface area is 121 Å². The van der Waals surface area contributed by atoms with Gasteiger partial charge in [-0.15, -0.1) is 0 Å². The number of carbonyl (C=O) groups excluding carboxylic acids is 1. The Morgan fingerprint density at radius 2 is 1.95 bits per heavy atom. The zero-order valence-corrected chi connectivity index (χ0v) is 12.4. The van der Waals surface area contributed by atoms with Gasteiger partial charge in [0.15, 0.2) is 0 Å². The number of anilines is 1. The zero-order valence-electron chi connectivity index (χ0n) is 10.8. The number of carbonyl (C=O) groups is 1. The Bertz CT molecular complexity index is 596. The van der Waals surface area contributed by atoms with Crippen molar-refractivity contribution in [2.75, 3.05) is 5.32 Å². The second kappa shape index (κ2) is 6.17. The monoisotopic (exact) mass is 320 g/mol. The van der Waals surface area contributed by atoms with Crippen molar-refractivity contribution >= 4 is 38.3 Å². The van der Waals surface area contributed by atoms with Crippen molar-refractivity contribution in [3.63, 3.8) is 0 Å². The average molecular weight is 321 g/mol. The molecule has 0 saturated heterocycles. The minimum Gasteiger partial charge on any atom is -0.328 e. The van der Waals surface area contributed by atoms with Crippen LogP contribution in [0.1, 0.15) is 19.8 Å². The number of fused-ring (bicyclic) bond motifs is 1. The predicted octanol–water partition coefficient (Wildman–Crippen LogP) is 3.67. The molecule has 1 atom stereocenters. The van der Waals surface area contributed by atoms with Crippen molar-refractivity contribution in [1.29, 1.82) is 0 Å². The first-order valence-electron chi connectivity index (χ1n) is 6.29. The normalized spacial score (nSPS) is 12.4. The van der Waals surface area contributed by atoms with Crippen LogP contribution in [0.2, 0.25) is 0 Å². The SMILES string of the molecule is CC(N)CCC(=O)Nc1ccc2cc(Br)ccc2c1. The number of hydrogen-bond acceptors (Lipinski definition) is 2. The molecule has 3 N–H and O–H groups in total. The maximum atomic E-state index is 11.7. The summed E-state index contributed by atoms with van der Waals surface area (Å²) in [4.78, 5) is 11.7. The molecule has 0 fully saturated rings. The molecule has 0 saturated carbocycles. The van der Waals surface area contributed by atoms with Crippen LogP contribution in [-0.2, 0) is 4.79 Å². The van der Waals surface area contributed by atoms with E-state index in [0.29, 0.717) is 12.8 Å². The zero-order chi connectivity index (χ0) is 13.8. The molecule has 0 spiro atoms. The number of hydrogen-bond donors (Lipinski definition) is 2. The fraction of sp³-hybridized carbons (Fsp3) is 0.267. The number of nitrogens with two attached hydrogens (primary N) is 1. The van der Waals surface area contributed by atoms with Crippen LogP contribution in [0.5, 0.6) is 0 Å². The molecule has 1 unspecified atom stereocenters. The largest absolute Gasteiger partial charge is 0.328 e. The number of nitrogens with one attached hydrogen (secondary N) is 1. The predicted molar refractivity (Wildman–Crippen MR) is 83.2 cm³/mol. The maximum absolute atomic E-state index is 11.7. The molecule has 2 aromatic carbocycles. The van der Waals surface area contributed by atoms with Crippen LogP contribution >= 0.6 is 15.9 Å². The Morgan fingerprint density at radius 1 is 1.26 bits per heavy atom. The van der Waals surface area contributed by atoms with Gasteiger partial charge >= 0.3 is 0 Å². The summed E-state index contributed by atoms with van der Waals surface area (Å²) in [7, 11) is 0. The van der Waals surface area contributed by atoms with Gasteiger partial charge in [-0.3, -0.25) is 4.79 Å². The maximum Gasteiger partial charge on any atom is 0.224 e. The van der Waals surface area contributed by atoms with Crippen LogP contribution < -0.4 is 11.1 Å². The van der Waals surface area contributed by atoms with Crippen LogP contribution in [0.3, 0.4) is 0 Å².